The maximum atomic E-state index is 5.52. The summed E-state index contributed by atoms with van der Waals surface area (Å²) in [5.74, 6) is 4.18. The Balaban J connectivity index is 0.000000151. The van der Waals surface area contributed by atoms with Gasteiger partial charge in [-0.3, -0.25) is 15.0 Å². The van der Waals surface area contributed by atoms with Gasteiger partial charge in [-0.25, -0.2) is 0 Å². The summed E-state index contributed by atoms with van der Waals surface area (Å²) in [5, 5.41) is 10.3. The second kappa shape index (κ2) is 23.1. The fourth-order valence-corrected chi connectivity index (χ4v) is 7.24. The van der Waals surface area contributed by atoms with Crippen molar-refractivity contribution in [2.45, 2.75) is 0 Å². The van der Waals surface area contributed by atoms with Gasteiger partial charge in [0.05, 0.1) is 66.4 Å². The Labute approximate surface area is 387 Å². The van der Waals surface area contributed by atoms with Crippen molar-refractivity contribution in [3.8, 4) is 34.5 Å². The maximum Gasteiger partial charge on any atom is 0.162 e. The molecule has 9 rings (SSSR count). The van der Waals surface area contributed by atoms with Gasteiger partial charge in [0.25, 0.3) is 0 Å². The fraction of sp³-hybridized carbons (Fsp3) is 0.135. The molecule has 332 valence electrons. The van der Waals surface area contributed by atoms with Crippen LogP contribution in [0.4, 0.5) is 28.4 Å². The number of benzene rings is 6. The topological polar surface area (TPSA) is 135 Å². The van der Waals surface area contributed by atoms with E-state index in [2.05, 4.69) is 65.4 Å². The number of hydrogen-bond acceptors (Lipinski definition) is 12. The zero-order valence-corrected chi connectivity index (χ0v) is 38.9. The molecule has 13 heteroatoms. The first-order chi connectivity index (χ1) is 31.7. The summed E-state index contributed by atoms with van der Waals surface area (Å²) >= 11 is 3.43. The van der Waals surface area contributed by atoms with Crippen molar-refractivity contribution < 1.29 is 28.4 Å². The molecule has 0 fully saturated rings. The lowest BCUT2D eigenvalue weighted by atomic mass is 10.1. The van der Waals surface area contributed by atoms with E-state index in [1.807, 2.05) is 129 Å². The van der Waals surface area contributed by atoms with Crippen molar-refractivity contribution in [3.63, 3.8) is 0 Å². The lowest BCUT2D eigenvalue weighted by Crippen LogP contribution is -2.10. The highest BCUT2D eigenvalue weighted by Crippen LogP contribution is 2.36. The van der Waals surface area contributed by atoms with Crippen LogP contribution in [0.2, 0.25) is 0 Å². The van der Waals surface area contributed by atoms with E-state index in [0.717, 1.165) is 54.5 Å². The lowest BCUT2D eigenvalue weighted by Gasteiger charge is -2.22. The van der Waals surface area contributed by atoms with E-state index in [4.69, 9.17) is 34.2 Å². The average molecular weight is 936 g/mol. The van der Waals surface area contributed by atoms with Gasteiger partial charge in [0, 0.05) is 98.5 Å². The molecule has 0 saturated heterocycles. The fourth-order valence-electron chi connectivity index (χ4n) is 6.76. The maximum absolute atomic E-state index is 5.52. The molecule has 6 aromatic carbocycles. The van der Waals surface area contributed by atoms with Crippen LogP contribution >= 0.6 is 15.9 Å². The quantitative estimate of drug-likeness (QED) is 0.126. The molecular weight excluding hydrogens is 885 g/mol. The highest BCUT2D eigenvalue weighted by Gasteiger charge is 2.12. The molecule has 3 aromatic heterocycles. The minimum Gasteiger partial charge on any atom is -0.493 e. The molecule has 0 radical (unpaired) electrons. The Morgan fingerprint density at radius 3 is 1.52 bits per heavy atom. The van der Waals surface area contributed by atoms with Gasteiger partial charge in [0.1, 0.15) is 0 Å². The molecule has 0 aliphatic carbocycles. The molecule has 0 spiro atoms. The number of nitrogen functional groups attached to an aromatic ring is 1. The number of nitrogens with one attached hydrogen (secondary N) is 1. The zero-order valence-electron chi connectivity index (χ0n) is 37.3. The van der Waals surface area contributed by atoms with Gasteiger partial charge >= 0.3 is 0 Å². The van der Waals surface area contributed by atoms with Crippen molar-refractivity contribution in [2.75, 3.05) is 65.7 Å². The van der Waals surface area contributed by atoms with Crippen LogP contribution in [0.5, 0.6) is 34.5 Å². The second-order valence-electron chi connectivity index (χ2n) is 14.0. The number of methoxy groups -OCH3 is 6. The Bertz CT molecular complexity index is 2960. The Hall–Kier alpha value is -7.77. The SMILES string of the molecule is Brc1cncc2ccccc12.COc1ccc(N(C)c2cncc3ccccc23)cc1OC.COc1ccc(N)cc1OC.COc1ccc(Nc2cncc3ccccc23)cc1OC. The first-order valence-corrected chi connectivity index (χ1v) is 21.1. The predicted molar refractivity (Wildman–Crippen MR) is 267 cm³/mol. The lowest BCUT2D eigenvalue weighted by molar-refractivity contribution is 0.355. The molecule has 12 nitrogen and oxygen atoms in total. The molecule has 9 aromatic rings. The van der Waals surface area contributed by atoms with Gasteiger partial charge in [-0.15, -0.1) is 0 Å². The molecule has 0 aliphatic heterocycles. The standard InChI is InChI=1S/C18H18N2O2.C17H16N2O2.C9H6BrN.C8H11NO2/c1-20(14-8-9-17(21-2)18(10-14)22-3)16-12-19-11-13-6-4-5-7-15(13)16;1-20-16-8-7-13(9-17(16)21-2)19-15-11-18-10-12-5-3-4-6-14(12)15;10-9-6-11-5-7-3-1-2-4-8(7)9;1-10-7-4-3-6(9)5-8(7)11-2/h4-12H,1-3H3;3-11,19H,1-2H3;1-6H;3-5H,9H2,1-2H3. The van der Waals surface area contributed by atoms with Crippen LogP contribution in [0.15, 0.2) is 169 Å². The Morgan fingerprint density at radius 1 is 0.462 bits per heavy atom. The summed E-state index contributed by atoms with van der Waals surface area (Å²) < 4.78 is 32.3. The molecule has 0 amide bonds. The Morgan fingerprint density at radius 2 is 0.923 bits per heavy atom. The number of rotatable bonds is 10. The van der Waals surface area contributed by atoms with Crippen LogP contribution in [0.1, 0.15) is 0 Å². The summed E-state index contributed by atoms with van der Waals surface area (Å²) in [7, 11) is 11.7. The zero-order chi connectivity index (χ0) is 46.1. The largest absolute Gasteiger partial charge is 0.493 e. The van der Waals surface area contributed by atoms with E-state index >= 15 is 0 Å². The Kier molecular flexibility index (Phi) is 16.6. The third-order valence-corrected chi connectivity index (χ3v) is 10.8. The van der Waals surface area contributed by atoms with Gasteiger partial charge < -0.3 is 44.4 Å². The molecule has 3 N–H and O–H groups in total. The predicted octanol–water partition coefficient (Wildman–Crippen LogP) is 12.3. The van der Waals surface area contributed by atoms with Crippen molar-refractivity contribution in [1.29, 1.82) is 0 Å². The molecule has 0 bridgehead atoms. The van der Waals surface area contributed by atoms with Crippen LogP contribution in [-0.4, -0.2) is 64.7 Å². The number of hydrogen-bond donors (Lipinski definition) is 2. The van der Waals surface area contributed by atoms with Crippen molar-refractivity contribution in [2.24, 2.45) is 0 Å². The van der Waals surface area contributed by atoms with Gasteiger partial charge in [0.15, 0.2) is 34.5 Å². The number of nitrogens with zero attached hydrogens (tertiary/aromatic N) is 4. The highest BCUT2D eigenvalue weighted by atomic mass is 79.9. The summed E-state index contributed by atoms with van der Waals surface area (Å²) in [5.41, 5.74) is 10.1. The average Bonchev–Trinajstić information content (AvgIpc) is 3.36. The molecule has 0 unspecified atom stereocenters. The summed E-state index contributed by atoms with van der Waals surface area (Å²) in [4.78, 5) is 14.8. The molecule has 0 aliphatic rings. The van der Waals surface area contributed by atoms with Crippen LogP contribution in [-0.2, 0) is 0 Å². The molecule has 0 atom stereocenters. The third-order valence-electron chi connectivity index (χ3n) is 10.1. The van der Waals surface area contributed by atoms with Crippen LogP contribution in [0, 0.1) is 0 Å². The van der Waals surface area contributed by atoms with Crippen molar-refractivity contribution in [1.82, 2.24) is 15.0 Å². The third kappa shape index (κ3) is 11.8. The number of aromatic nitrogens is 3. The van der Waals surface area contributed by atoms with E-state index < -0.39 is 0 Å². The number of fused-ring (bicyclic) bond motifs is 3. The molecule has 0 saturated carbocycles. The number of ether oxygens (including phenoxy) is 6. The smallest absolute Gasteiger partial charge is 0.162 e. The van der Waals surface area contributed by atoms with Crippen LogP contribution < -0.4 is 44.4 Å². The van der Waals surface area contributed by atoms with Gasteiger partial charge in [0.2, 0.25) is 0 Å². The van der Waals surface area contributed by atoms with E-state index in [1.165, 1.54) is 10.8 Å². The molecule has 65 heavy (non-hydrogen) atoms. The number of halogens is 1. The monoisotopic (exact) mass is 934 g/mol. The molecular formula is C52H51BrN6O6. The van der Waals surface area contributed by atoms with Gasteiger partial charge in [-0.1, -0.05) is 72.8 Å². The highest BCUT2D eigenvalue weighted by molar-refractivity contribution is 9.10. The first kappa shape index (κ1) is 46.7. The van der Waals surface area contributed by atoms with Crippen LogP contribution in [0.25, 0.3) is 32.3 Å². The minimum atomic E-state index is 0.660. The summed E-state index contributed by atoms with van der Waals surface area (Å²) in [6, 6.07) is 41.4. The second-order valence-corrected chi connectivity index (χ2v) is 14.9. The van der Waals surface area contributed by atoms with Crippen LogP contribution in [0.3, 0.4) is 0 Å². The van der Waals surface area contributed by atoms with Gasteiger partial charge in [-0.2, -0.15) is 0 Å². The van der Waals surface area contributed by atoms with E-state index in [1.54, 1.807) is 60.9 Å². The normalized spacial score (nSPS) is 10.2. The number of pyridine rings is 3. The minimum absolute atomic E-state index is 0.660. The van der Waals surface area contributed by atoms with Crippen molar-refractivity contribution in [3.05, 3.63) is 169 Å². The number of nitrogens with two attached hydrogens (primary N) is 1. The van der Waals surface area contributed by atoms with Crippen molar-refractivity contribution >= 4 is 76.7 Å². The first-order valence-electron chi connectivity index (χ1n) is 20.3. The summed E-state index contributed by atoms with van der Waals surface area (Å²) in [6.07, 6.45) is 11.1. The van der Waals surface area contributed by atoms with Gasteiger partial charge in [-0.05, 0) is 57.7 Å². The summed E-state index contributed by atoms with van der Waals surface area (Å²) in [6.45, 7) is 0. The van der Waals surface area contributed by atoms with E-state index in [-0.39, 0.29) is 0 Å². The van der Waals surface area contributed by atoms with E-state index in [9.17, 15) is 0 Å². The number of anilines is 5. The molecule has 3 heterocycles. The van der Waals surface area contributed by atoms with E-state index in [0.29, 0.717) is 34.4 Å².